The van der Waals surface area contributed by atoms with Gasteiger partial charge in [0.2, 0.25) is 5.91 Å². The van der Waals surface area contributed by atoms with Crippen LogP contribution in [0.15, 0.2) is 53.1 Å². The van der Waals surface area contributed by atoms with Crippen molar-refractivity contribution in [3.8, 4) is 0 Å². The Morgan fingerprint density at radius 2 is 2.09 bits per heavy atom. The summed E-state index contributed by atoms with van der Waals surface area (Å²) in [6.07, 6.45) is 12.3. The van der Waals surface area contributed by atoms with Gasteiger partial charge in [0.1, 0.15) is 17.8 Å². The highest BCUT2D eigenvalue weighted by Gasteiger charge is 2.49. The predicted octanol–water partition coefficient (Wildman–Crippen LogP) is 5.75. The Kier molecular flexibility index (Phi) is 8.05. The molecule has 1 heterocycles. The third kappa shape index (κ3) is 5.66. The van der Waals surface area contributed by atoms with Gasteiger partial charge in [-0.25, -0.2) is 0 Å². The molecule has 0 bridgehead atoms. The molecule has 1 aliphatic heterocycles. The van der Waals surface area contributed by atoms with E-state index in [4.69, 9.17) is 16.6 Å². The highest BCUT2D eigenvalue weighted by molar-refractivity contribution is 6.47. The smallest absolute Gasteiger partial charge is 0.274 e. The fourth-order valence-electron chi connectivity index (χ4n) is 5.55. The number of halogens is 1. The van der Waals surface area contributed by atoms with E-state index in [1.54, 1.807) is 0 Å². The standard InChI is InChI=1S/C29H36ClN3O2/c1-4-17-31-27(34)23-10-8-21(9-11-23)14-18-33-28(35)26(24-6-5-7-25(30)19-24)32-29(33)15-12-22(13-16-29)20(2)3/h5-10,19-20,22-23H,1,4,11-18H2,2-3H3/p+1. The molecule has 0 aromatic heterocycles. The van der Waals surface area contributed by atoms with Crippen molar-refractivity contribution in [3.05, 3.63) is 65.6 Å². The molecule has 1 aromatic carbocycles. The third-order valence-corrected chi connectivity index (χ3v) is 7.99. The number of rotatable bonds is 8. The molecular weight excluding hydrogens is 458 g/mol. The lowest BCUT2D eigenvalue weighted by atomic mass is 9.76. The number of nitrogens with one attached hydrogen (secondary N) is 1. The van der Waals surface area contributed by atoms with Crippen LogP contribution in [0.2, 0.25) is 5.02 Å². The molecule has 1 atom stereocenters. The third-order valence-electron chi connectivity index (χ3n) is 7.76. The first-order valence-electron chi connectivity index (χ1n) is 12.9. The fraction of sp³-hybridized carbons (Fsp3) is 0.517. The Bertz CT molecular complexity index is 1030. The van der Waals surface area contributed by atoms with Crippen molar-refractivity contribution in [2.24, 2.45) is 22.7 Å². The van der Waals surface area contributed by atoms with Gasteiger partial charge in [-0.15, -0.1) is 0 Å². The molecule has 4 rings (SSSR count). The lowest BCUT2D eigenvalue weighted by Gasteiger charge is -2.42. The van der Waals surface area contributed by atoms with E-state index in [0.717, 1.165) is 37.7 Å². The Balaban J connectivity index is 1.48. The summed E-state index contributed by atoms with van der Waals surface area (Å²) < 4.78 is 0. The van der Waals surface area contributed by atoms with Crippen LogP contribution in [-0.4, -0.2) is 41.2 Å². The lowest BCUT2D eigenvalue weighted by molar-refractivity contribution is -0.129. The molecule has 1 N–H and O–H groups in total. The Labute approximate surface area is 214 Å². The van der Waals surface area contributed by atoms with Gasteiger partial charge in [0.05, 0.1) is 19.4 Å². The molecule has 1 spiro atoms. The van der Waals surface area contributed by atoms with Crippen LogP contribution in [0.5, 0.6) is 0 Å². The monoisotopic (exact) mass is 494 g/mol. The molecule has 2 amide bonds. The van der Waals surface area contributed by atoms with Gasteiger partial charge in [-0.1, -0.05) is 61.4 Å². The second-order valence-electron chi connectivity index (χ2n) is 10.4. The number of nitrogens with zero attached hydrogens (tertiary/aromatic N) is 2. The van der Waals surface area contributed by atoms with Crippen molar-refractivity contribution in [2.75, 3.05) is 13.1 Å². The number of aliphatic imine (C=N–C) groups is 1. The molecule has 1 saturated carbocycles. The van der Waals surface area contributed by atoms with Crippen molar-refractivity contribution in [1.29, 1.82) is 0 Å². The summed E-state index contributed by atoms with van der Waals surface area (Å²) in [5.74, 6) is 1.25. The van der Waals surface area contributed by atoms with Gasteiger partial charge in [-0.05, 0) is 62.5 Å². The maximum absolute atomic E-state index is 13.7. The molecule has 5 nitrogen and oxygen atoms in total. The highest BCUT2D eigenvalue weighted by Crippen LogP contribution is 2.44. The number of allylic oxidation sites excluding steroid dienone is 2. The van der Waals surface area contributed by atoms with Crippen LogP contribution in [-0.2, 0) is 9.59 Å². The van der Waals surface area contributed by atoms with Gasteiger partial charge in [-0.2, -0.15) is 0 Å². The van der Waals surface area contributed by atoms with Crippen LogP contribution >= 0.6 is 11.6 Å². The summed E-state index contributed by atoms with van der Waals surface area (Å²) in [6, 6.07) is 7.45. The predicted molar refractivity (Wildman–Crippen MR) is 142 cm³/mol. The van der Waals surface area contributed by atoms with E-state index in [2.05, 4.69) is 32.2 Å². The summed E-state index contributed by atoms with van der Waals surface area (Å²) in [7, 11) is 0. The molecule has 186 valence electrons. The van der Waals surface area contributed by atoms with E-state index in [9.17, 15) is 9.59 Å². The average molecular weight is 495 g/mol. The molecule has 1 aromatic rings. The van der Waals surface area contributed by atoms with E-state index >= 15 is 0 Å². The maximum atomic E-state index is 13.7. The largest absolute Gasteiger partial charge is 0.351 e. The fourth-order valence-corrected chi connectivity index (χ4v) is 5.74. The van der Waals surface area contributed by atoms with E-state index in [1.165, 1.54) is 5.57 Å². The van der Waals surface area contributed by atoms with Crippen LogP contribution in [0.1, 0.15) is 64.4 Å². The number of benzene rings is 1. The highest BCUT2D eigenvalue weighted by atomic mass is 35.5. The lowest BCUT2D eigenvalue weighted by Crippen LogP contribution is -2.49. The summed E-state index contributed by atoms with van der Waals surface area (Å²) in [5.41, 5.74) is 2.03. The van der Waals surface area contributed by atoms with Gasteiger partial charge in [0.15, 0.2) is 0 Å². The molecular formula is C29H37ClN3O2+. The van der Waals surface area contributed by atoms with Gasteiger partial charge < -0.3 is 10.2 Å². The quantitative estimate of drug-likeness (QED) is 0.468. The molecule has 1 unspecified atom stereocenters. The number of hydrogen-bond acceptors (Lipinski definition) is 3. The molecule has 35 heavy (non-hydrogen) atoms. The first kappa shape index (κ1) is 25.6. The molecule has 0 saturated heterocycles. The minimum absolute atomic E-state index is 0.00100. The normalized spacial score (nSPS) is 26.3. The van der Waals surface area contributed by atoms with Crippen LogP contribution in [0.3, 0.4) is 0 Å². The number of hydrogen-bond donors (Lipinski definition) is 1. The topological polar surface area (TPSA) is 61.8 Å². The second-order valence-corrected chi connectivity index (χ2v) is 10.8. The minimum Gasteiger partial charge on any atom is -0.351 e. The van der Waals surface area contributed by atoms with Crippen molar-refractivity contribution in [2.45, 2.75) is 64.5 Å². The zero-order chi connectivity index (χ0) is 25.0. The Hall–Kier alpha value is -2.53. The Morgan fingerprint density at radius 3 is 2.71 bits per heavy atom. The molecule has 3 aliphatic rings. The van der Waals surface area contributed by atoms with E-state index in [1.807, 2.05) is 41.3 Å². The molecule has 6 heteroatoms. The summed E-state index contributed by atoms with van der Waals surface area (Å²) >= 11 is 6.24. The zero-order valence-electron chi connectivity index (χ0n) is 20.9. The first-order chi connectivity index (χ1) is 16.8. The summed E-state index contributed by atoms with van der Waals surface area (Å²) in [4.78, 5) is 33.1. The van der Waals surface area contributed by atoms with Crippen molar-refractivity contribution in [3.63, 3.8) is 0 Å². The van der Waals surface area contributed by atoms with Crippen molar-refractivity contribution < 1.29 is 9.59 Å². The SMILES string of the molecule is [CH2+]CCNC(=O)C1C=CC(CCN2C(=O)C(c3cccc(Cl)c3)=NC23CCC(C(C)C)CC3)=CC1. The Morgan fingerprint density at radius 1 is 1.31 bits per heavy atom. The van der Waals surface area contributed by atoms with Crippen LogP contribution in [0.25, 0.3) is 0 Å². The molecule has 0 radical (unpaired) electrons. The summed E-state index contributed by atoms with van der Waals surface area (Å²) in [5, 5.41) is 3.53. The number of carbonyl (C=O) groups is 2. The van der Waals surface area contributed by atoms with Crippen molar-refractivity contribution >= 4 is 29.1 Å². The average Bonchev–Trinajstić information content (AvgIpc) is 3.12. The minimum atomic E-state index is -0.463. The van der Waals surface area contributed by atoms with Crippen molar-refractivity contribution in [1.82, 2.24) is 10.2 Å². The number of carbonyl (C=O) groups excluding carboxylic acids is 2. The maximum Gasteiger partial charge on any atom is 0.274 e. The number of amides is 2. The molecule has 1 fully saturated rings. The van der Waals surface area contributed by atoms with E-state index in [0.29, 0.717) is 48.5 Å². The van der Waals surface area contributed by atoms with Crippen LogP contribution in [0.4, 0.5) is 0 Å². The zero-order valence-corrected chi connectivity index (χ0v) is 21.7. The first-order valence-corrected chi connectivity index (χ1v) is 13.3. The second kappa shape index (κ2) is 11.0. The van der Waals surface area contributed by atoms with E-state index < -0.39 is 5.66 Å². The van der Waals surface area contributed by atoms with Gasteiger partial charge in [0.25, 0.3) is 5.91 Å². The van der Waals surface area contributed by atoms with Crippen LogP contribution in [0, 0.1) is 24.7 Å². The van der Waals surface area contributed by atoms with E-state index in [-0.39, 0.29) is 17.7 Å². The molecule has 2 aliphatic carbocycles. The summed E-state index contributed by atoms with van der Waals surface area (Å²) in [6.45, 7) is 9.56. The van der Waals surface area contributed by atoms with Crippen LogP contribution < -0.4 is 5.32 Å². The van der Waals surface area contributed by atoms with Gasteiger partial charge in [0, 0.05) is 17.1 Å². The van der Waals surface area contributed by atoms with Gasteiger partial charge in [-0.3, -0.25) is 14.6 Å². The van der Waals surface area contributed by atoms with Gasteiger partial charge >= 0.3 is 0 Å².